The number of benzene rings is 1. The molecule has 2 N–H and O–H groups in total. The van der Waals surface area contributed by atoms with Crippen LogP contribution in [0.2, 0.25) is 0 Å². The SMILES string of the molecule is CCC(CN)CCN1CCCOc2ccccc21. The first-order valence-corrected chi connectivity index (χ1v) is 7.02. The average molecular weight is 248 g/mol. The number of hydrogen-bond donors (Lipinski definition) is 1. The average Bonchev–Trinajstić information content (AvgIpc) is 2.62. The Bertz CT molecular complexity index is 363. The first-order chi connectivity index (χ1) is 8.85. The Morgan fingerprint density at radius 3 is 3.00 bits per heavy atom. The first kappa shape index (κ1) is 13.2. The lowest BCUT2D eigenvalue weighted by Gasteiger charge is -2.25. The highest BCUT2D eigenvalue weighted by Crippen LogP contribution is 2.30. The molecule has 0 aliphatic carbocycles. The molecular formula is C15H24N2O. The van der Waals surface area contributed by atoms with Crippen LogP contribution < -0.4 is 15.4 Å². The maximum absolute atomic E-state index is 5.78. The van der Waals surface area contributed by atoms with Gasteiger partial charge in [-0.1, -0.05) is 25.5 Å². The molecule has 1 aliphatic heterocycles. The summed E-state index contributed by atoms with van der Waals surface area (Å²) in [6.45, 7) is 6.00. The summed E-state index contributed by atoms with van der Waals surface area (Å²) >= 11 is 0. The second-order valence-electron chi connectivity index (χ2n) is 4.96. The summed E-state index contributed by atoms with van der Waals surface area (Å²) < 4.78 is 5.77. The molecule has 0 amide bonds. The fourth-order valence-electron chi connectivity index (χ4n) is 2.46. The molecule has 0 bridgehead atoms. The van der Waals surface area contributed by atoms with Crippen molar-refractivity contribution in [1.29, 1.82) is 0 Å². The number of nitrogens with two attached hydrogens (primary N) is 1. The van der Waals surface area contributed by atoms with Gasteiger partial charge in [-0.25, -0.2) is 0 Å². The quantitative estimate of drug-likeness (QED) is 0.870. The van der Waals surface area contributed by atoms with E-state index in [2.05, 4.69) is 30.0 Å². The van der Waals surface area contributed by atoms with Crippen LogP contribution in [0, 0.1) is 5.92 Å². The molecule has 18 heavy (non-hydrogen) atoms. The van der Waals surface area contributed by atoms with Gasteiger partial charge in [0, 0.05) is 13.1 Å². The summed E-state index contributed by atoms with van der Waals surface area (Å²) in [7, 11) is 0. The molecule has 0 fully saturated rings. The first-order valence-electron chi connectivity index (χ1n) is 7.02. The Morgan fingerprint density at radius 1 is 1.39 bits per heavy atom. The maximum atomic E-state index is 5.78. The van der Waals surface area contributed by atoms with E-state index in [1.165, 1.54) is 18.5 Å². The minimum absolute atomic E-state index is 0.640. The fraction of sp³-hybridized carbons (Fsp3) is 0.600. The molecule has 3 heteroatoms. The van der Waals surface area contributed by atoms with Gasteiger partial charge in [0.15, 0.2) is 0 Å². The molecule has 1 unspecified atom stereocenters. The number of fused-ring (bicyclic) bond motifs is 1. The number of ether oxygens (including phenoxy) is 1. The summed E-state index contributed by atoms with van der Waals surface area (Å²) in [4.78, 5) is 2.45. The van der Waals surface area contributed by atoms with Gasteiger partial charge in [0.25, 0.3) is 0 Å². The molecule has 2 rings (SSSR count). The summed E-state index contributed by atoms with van der Waals surface area (Å²) in [6.07, 6.45) is 3.43. The monoisotopic (exact) mass is 248 g/mol. The van der Waals surface area contributed by atoms with Crippen molar-refractivity contribution < 1.29 is 4.74 Å². The lowest BCUT2D eigenvalue weighted by Crippen LogP contribution is -2.28. The number of anilines is 1. The highest BCUT2D eigenvalue weighted by atomic mass is 16.5. The van der Waals surface area contributed by atoms with E-state index < -0.39 is 0 Å². The molecular weight excluding hydrogens is 224 g/mol. The van der Waals surface area contributed by atoms with Gasteiger partial charge < -0.3 is 15.4 Å². The van der Waals surface area contributed by atoms with Crippen LogP contribution in [0.25, 0.3) is 0 Å². The van der Waals surface area contributed by atoms with Crippen molar-refractivity contribution in [3.8, 4) is 5.75 Å². The third kappa shape index (κ3) is 3.16. The van der Waals surface area contributed by atoms with Crippen LogP contribution in [-0.4, -0.2) is 26.2 Å². The Balaban J connectivity index is 2.03. The second kappa shape index (κ2) is 6.64. The van der Waals surface area contributed by atoms with E-state index in [-0.39, 0.29) is 0 Å². The number of para-hydroxylation sites is 2. The molecule has 1 aliphatic rings. The van der Waals surface area contributed by atoms with Gasteiger partial charge >= 0.3 is 0 Å². The Labute approximate surface area is 110 Å². The zero-order chi connectivity index (χ0) is 12.8. The van der Waals surface area contributed by atoms with Crippen LogP contribution in [0.5, 0.6) is 5.75 Å². The number of rotatable bonds is 5. The van der Waals surface area contributed by atoms with Crippen molar-refractivity contribution in [2.75, 3.05) is 31.1 Å². The summed E-state index contributed by atoms with van der Waals surface area (Å²) in [5.41, 5.74) is 7.02. The lowest BCUT2D eigenvalue weighted by atomic mass is 10.0. The summed E-state index contributed by atoms with van der Waals surface area (Å²) in [5.74, 6) is 1.66. The van der Waals surface area contributed by atoms with Crippen LogP contribution >= 0.6 is 0 Å². The van der Waals surface area contributed by atoms with Gasteiger partial charge in [0.05, 0.1) is 12.3 Å². The van der Waals surface area contributed by atoms with Gasteiger partial charge in [-0.3, -0.25) is 0 Å². The van der Waals surface area contributed by atoms with E-state index in [1.807, 2.05) is 6.07 Å². The highest BCUT2D eigenvalue weighted by Gasteiger charge is 2.16. The van der Waals surface area contributed by atoms with E-state index in [9.17, 15) is 0 Å². The van der Waals surface area contributed by atoms with Crippen molar-refractivity contribution >= 4 is 5.69 Å². The summed E-state index contributed by atoms with van der Waals surface area (Å²) in [6, 6.07) is 8.34. The molecule has 0 saturated heterocycles. The topological polar surface area (TPSA) is 38.5 Å². The van der Waals surface area contributed by atoms with E-state index in [0.29, 0.717) is 5.92 Å². The van der Waals surface area contributed by atoms with Gasteiger partial charge in [0.2, 0.25) is 0 Å². The molecule has 100 valence electrons. The molecule has 0 spiro atoms. The number of hydrogen-bond acceptors (Lipinski definition) is 3. The number of nitrogens with zero attached hydrogens (tertiary/aromatic N) is 1. The zero-order valence-corrected chi connectivity index (χ0v) is 11.3. The van der Waals surface area contributed by atoms with E-state index >= 15 is 0 Å². The lowest BCUT2D eigenvalue weighted by molar-refractivity contribution is 0.322. The Morgan fingerprint density at radius 2 is 2.22 bits per heavy atom. The molecule has 0 aromatic heterocycles. The third-order valence-electron chi connectivity index (χ3n) is 3.75. The minimum atomic E-state index is 0.640. The van der Waals surface area contributed by atoms with Crippen molar-refractivity contribution in [2.45, 2.75) is 26.2 Å². The highest BCUT2D eigenvalue weighted by molar-refractivity contribution is 5.58. The molecule has 1 heterocycles. The smallest absolute Gasteiger partial charge is 0.142 e. The normalized spacial score (nSPS) is 16.7. The second-order valence-corrected chi connectivity index (χ2v) is 4.96. The molecule has 1 atom stereocenters. The van der Waals surface area contributed by atoms with Crippen LogP contribution in [0.3, 0.4) is 0 Å². The molecule has 0 radical (unpaired) electrons. The van der Waals surface area contributed by atoms with Crippen LogP contribution in [-0.2, 0) is 0 Å². The van der Waals surface area contributed by atoms with Crippen LogP contribution in [0.15, 0.2) is 24.3 Å². The van der Waals surface area contributed by atoms with Gasteiger partial charge in [0.1, 0.15) is 5.75 Å². The predicted molar refractivity (Wildman–Crippen MR) is 76.2 cm³/mol. The predicted octanol–water partition coefficient (Wildman–Crippen LogP) is 2.65. The molecule has 3 nitrogen and oxygen atoms in total. The largest absolute Gasteiger partial charge is 0.491 e. The van der Waals surface area contributed by atoms with Crippen molar-refractivity contribution in [3.63, 3.8) is 0 Å². The van der Waals surface area contributed by atoms with Crippen LogP contribution in [0.1, 0.15) is 26.2 Å². The minimum Gasteiger partial charge on any atom is -0.491 e. The van der Waals surface area contributed by atoms with Crippen molar-refractivity contribution in [3.05, 3.63) is 24.3 Å². The van der Waals surface area contributed by atoms with Crippen LogP contribution in [0.4, 0.5) is 5.69 Å². The standard InChI is InChI=1S/C15H24N2O/c1-2-13(12-16)8-10-17-9-5-11-18-15-7-4-3-6-14(15)17/h3-4,6-7,13H,2,5,8-12,16H2,1H3. The molecule has 1 aromatic carbocycles. The van der Waals surface area contributed by atoms with E-state index in [1.54, 1.807) is 0 Å². The Hall–Kier alpha value is -1.22. The zero-order valence-electron chi connectivity index (χ0n) is 11.3. The summed E-state index contributed by atoms with van der Waals surface area (Å²) in [5, 5.41) is 0. The van der Waals surface area contributed by atoms with Gasteiger partial charge in [-0.2, -0.15) is 0 Å². The van der Waals surface area contributed by atoms with E-state index in [4.69, 9.17) is 10.5 Å². The fourth-order valence-corrected chi connectivity index (χ4v) is 2.46. The molecule has 1 aromatic rings. The van der Waals surface area contributed by atoms with Gasteiger partial charge in [-0.15, -0.1) is 0 Å². The van der Waals surface area contributed by atoms with E-state index in [0.717, 1.165) is 38.4 Å². The third-order valence-corrected chi connectivity index (χ3v) is 3.75. The van der Waals surface area contributed by atoms with Crippen molar-refractivity contribution in [1.82, 2.24) is 0 Å². The Kier molecular flexibility index (Phi) is 4.88. The molecule has 0 saturated carbocycles. The van der Waals surface area contributed by atoms with Crippen molar-refractivity contribution in [2.24, 2.45) is 11.7 Å². The maximum Gasteiger partial charge on any atom is 0.142 e. The van der Waals surface area contributed by atoms with Gasteiger partial charge in [-0.05, 0) is 37.4 Å².